The Morgan fingerprint density at radius 3 is 1.50 bits per heavy atom. The van der Waals surface area contributed by atoms with Crippen LogP contribution in [0.25, 0.3) is 0 Å². The van der Waals surface area contributed by atoms with E-state index in [0.29, 0.717) is 0 Å². The van der Waals surface area contributed by atoms with Crippen molar-refractivity contribution in [1.29, 1.82) is 0 Å². The fraction of sp³-hybridized carbons (Fsp3) is 1.00. The average Bonchev–Trinajstić information content (AvgIpc) is 1.35. The van der Waals surface area contributed by atoms with Crippen molar-refractivity contribution in [3.8, 4) is 0 Å². The second-order valence-electron chi connectivity index (χ2n) is 2.27. The van der Waals surface area contributed by atoms with Gasteiger partial charge in [0.25, 0.3) is 0 Å². The molecule has 0 aliphatic carbocycles. The van der Waals surface area contributed by atoms with Gasteiger partial charge in [-0.2, -0.15) is 0 Å². The minimum atomic E-state index is -0.278. The summed E-state index contributed by atoms with van der Waals surface area (Å²) >= 11 is 0. The lowest BCUT2D eigenvalue weighted by Gasteiger charge is -2.10. The van der Waals surface area contributed by atoms with Crippen molar-refractivity contribution in [3.63, 3.8) is 0 Å². The lowest BCUT2D eigenvalue weighted by molar-refractivity contribution is 0.0810. The van der Waals surface area contributed by atoms with E-state index in [-0.39, 0.29) is 5.54 Å². The molecule has 2 heteroatoms. The summed E-state index contributed by atoms with van der Waals surface area (Å²) in [6, 6.07) is 0. The molecule has 0 aliphatic rings. The number of hydrogen-bond acceptors (Lipinski definition) is 1. The third-order valence-electron chi connectivity index (χ3n) is 0.300. The van der Waals surface area contributed by atoms with Crippen molar-refractivity contribution in [1.82, 2.24) is 5.48 Å². The molecule has 0 aliphatic heterocycles. The zero-order valence-corrected chi connectivity index (χ0v) is 4.39. The summed E-state index contributed by atoms with van der Waals surface area (Å²) in [4.78, 5) is 0. The van der Waals surface area contributed by atoms with Crippen LogP contribution >= 0.6 is 0 Å². The predicted octanol–water partition coefficient (Wildman–Crippen LogP) is 0.778. The van der Waals surface area contributed by atoms with E-state index in [1.165, 1.54) is 0 Å². The van der Waals surface area contributed by atoms with E-state index in [1.54, 1.807) is 0 Å². The second kappa shape index (κ2) is 1.58. The van der Waals surface area contributed by atoms with Crippen LogP contribution in [0.2, 0.25) is 0 Å². The normalized spacial score (nSPS) is 12.0. The van der Waals surface area contributed by atoms with Crippen molar-refractivity contribution >= 4 is 0 Å². The quantitative estimate of drug-likeness (QED) is 0.436. The lowest BCUT2D eigenvalue weighted by atomic mass is 10.1. The predicted molar refractivity (Wildman–Crippen MR) is 23.7 cm³/mol. The molecule has 0 saturated carbocycles. The molecule has 37 valence electrons. The highest BCUT2D eigenvalue weighted by atomic mass is 16.5. The molecule has 0 bridgehead atoms. The Morgan fingerprint density at radius 2 is 1.50 bits per heavy atom. The van der Waals surface area contributed by atoms with Crippen molar-refractivity contribution in [2.45, 2.75) is 26.3 Å². The molecule has 0 aromatic heterocycles. The van der Waals surface area contributed by atoms with E-state index in [9.17, 15) is 0 Å². The van der Waals surface area contributed by atoms with Crippen LogP contribution in [0, 0.1) is 0 Å². The molecule has 1 radical (unpaired) electrons. The van der Waals surface area contributed by atoms with Crippen LogP contribution in [0.15, 0.2) is 0 Å². The Bertz CT molecular complexity index is 37.3. The van der Waals surface area contributed by atoms with Crippen LogP contribution in [0.3, 0.4) is 0 Å². The van der Waals surface area contributed by atoms with E-state index in [2.05, 4.69) is 5.48 Å². The van der Waals surface area contributed by atoms with Crippen LogP contribution < -0.4 is 5.48 Å². The zero-order chi connectivity index (χ0) is 5.21. The maximum Gasteiger partial charge on any atom is 0.0561 e. The minimum Gasteiger partial charge on any atom is -0.296 e. The highest BCUT2D eigenvalue weighted by molar-refractivity contribution is 4.61. The van der Waals surface area contributed by atoms with Gasteiger partial charge in [-0.25, -0.2) is 0 Å². The highest BCUT2D eigenvalue weighted by Crippen LogP contribution is 1.96. The first-order chi connectivity index (χ1) is 2.56. The first kappa shape index (κ1) is 5.92. The van der Waals surface area contributed by atoms with Gasteiger partial charge in [-0.05, 0) is 20.8 Å². The molecule has 0 saturated heterocycles. The molecular weight excluding hydrogens is 78.0 g/mol. The molecule has 0 unspecified atom stereocenters. The van der Waals surface area contributed by atoms with Gasteiger partial charge >= 0.3 is 0 Å². The van der Waals surface area contributed by atoms with E-state index in [1.807, 2.05) is 20.8 Å². The maximum atomic E-state index is 8.03. The third-order valence-corrected chi connectivity index (χ3v) is 0.300. The smallest absolute Gasteiger partial charge is 0.0561 e. The minimum absolute atomic E-state index is 0.278. The summed E-state index contributed by atoms with van der Waals surface area (Å²) in [6.45, 7) is 5.48. The summed E-state index contributed by atoms with van der Waals surface area (Å²) < 4.78 is 0. The molecule has 0 heterocycles. The lowest BCUT2D eigenvalue weighted by Crippen LogP contribution is -2.25. The highest BCUT2D eigenvalue weighted by Gasteiger charge is 2.06. The molecular formula is C4H10NO. The van der Waals surface area contributed by atoms with E-state index < -0.39 is 0 Å². The largest absolute Gasteiger partial charge is 0.296 e. The van der Waals surface area contributed by atoms with Crippen molar-refractivity contribution in [3.05, 3.63) is 0 Å². The van der Waals surface area contributed by atoms with Crippen LogP contribution in [0.5, 0.6) is 0 Å². The molecule has 0 rings (SSSR count). The summed E-state index contributed by atoms with van der Waals surface area (Å²) in [7, 11) is 0. The fourth-order valence-corrected chi connectivity index (χ4v) is 0. The summed E-state index contributed by atoms with van der Waals surface area (Å²) in [6.07, 6.45) is 0. The van der Waals surface area contributed by atoms with Gasteiger partial charge in [0, 0.05) is 0 Å². The Balaban J connectivity index is 3.17. The van der Waals surface area contributed by atoms with Crippen molar-refractivity contribution in [2.24, 2.45) is 0 Å². The summed E-state index contributed by atoms with van der Waals surface area (Å²) in [5.41, 5.74) is 2.74. The van der Waals surface area contributed by atoms with Crippen molar-refractivity contribution < 1.29 is 5.21 Å². The molecule has 0 aromatic rings. The Hall–Kier alpha value is -0.0800. The van der Waals surface area contributed by atoms with Crippen LogP contribution in [-0.2, 0) is 0 Å². The van der Waals surface area contributed by atoms with Gasteiger partial charge < -0.3 is 0 Å². The van der Waals surface area contributed by atoms with Gasteiger partial charge in [-0.3, -0.25) is 5.21 Å². The van der Waals surface area contributed by atoms with Gasteiger partial charge in [-0.1, -0.05) is 5.48 Å². The summed E-state index contributed by atoms with van der Waals surface area (Å²) in [5, 5.41) is 8.03. The SMILES string of the molecule is CC(C)(C)[N]O. The average molecular weight is 88.1 g/mol. The van der Waals surface area contributed by atoms with Gasteiger partial charge in [0.15, 0.2) is 0 Å². The molecule has 0 aromatic carbocycles. The molecule has 0 spiro atoms. The maximum absolute atomic E-state index is 8.03. The second-order valence-corrected chi connectivity index (χ2v) is 2.27. The molecule has 6 heavy (non-hydrogen) atoms. The topological polar surface area (TPSA) is 34.3 Å². The Kier molecular flexibility index (Phi) is 1.56. The van der Waals surface area contributed by atoms with E-state index in [0.717, 1.165) is 0 Å². The zero-order valence-electron chi connectivity index (χ0n) is 4.39. The standard InChI is InChI=1S/C4H10NO/c1-4(2,3)5-6/h6H,1-3H3. The Labute approximate surface area is 38.1 Å². The van der Waals surface area contributed by atoms with Crippen molar-refractivity contribution in [2.75, 3.05) is 0 Å². The third kappa shape index (κ3) is 3.92. The fourth-order valence-electron chi connectivity index (χ4n) is 0. The van der Waals surface area contributed by atoms with Gasteiger partial charge in [-0.15, -0.1) is 0 Å². The Morgan fingerprint density at radius 1 is 1.33 bits per heavy atom. The number of hydrogen-bond donors (Lipinski definition) is 1. The molecule has 2 nitrogen and oxygen atoms in total. The molecule has 0 amide bonds. The molecule has 0 fully saturated rings. The molecule has 0 atom stereocenters. The molecule has 1 N–H and O–H groups in total. The van der Waals surface area contributed by atoms with Gasteiger partial charge in [0.2, 0.25) is 0 Å². The number of hydroxylamine groups is 1. The van der Waals surface area contributed by atoms with E-state index >= 15 is 0 Å². The van der Waals surface area contributed by atoms with Crippen LogP contribution in [0.4, 0.5) is 0 Å². The van der Waals surface area contributed by atoms with Crippen LogP contribution in [-0.4, -0.2) is 10.7 Å². The monoisotopic (exact) mass is 88.1 g/mol. The first-order valence-corrected chi connectivity index (χ1v) is 1.92. The van der Waals surface area contributed by atoms with Crippen LogP contribution in [0.1, 0.15) is 20.8 Å². The van der Waals surface area contributed by atoms with Gasteiger partial charge in [0.1, 0.15) is 0 Å². The van der Waals surface area contributed by atoms with Gasteiger partial charge in [0.05, 0.1) is 5.54 Å². The number of nitrogens with zero attached hydrogens (tertiary/aromatic N) is 1. The number of rotatable bonds is 0. The van der Waals surface area contributed by atoms with E-state index in [4.69, 9.17) is 5.21 Å². The first-order valence-electron chi connectivity index (χ1n) is 1.92. The summed E-state index contributed by atoms with van der Waals surface area (Å²) in [5.74, 6) is 0.